The molecule has 27 heavy (non-hydrogen) atoms. The van der Waals surface area contributed by atoms with Gasteiger partial charge in [0.2, 0.25) is 0 Å². The Labute approximate surface area is 203 Å². The molecule has 0 heterocycles. The molecular weight excluding hydrogens is 410 g/mol. The van der Waals surface area contributed by atoms with E-state index in [1.165, 1.54) is 6.07 Å². The second kappa shape index (κ2) is 11.7. The van der Waals surface area contributed by atoms with Crippen molar-refractivity contribution in [1.29, 1.82) is 0 Å². The van der Waals surface area contributed by atoms with E-state index >= 15 is 0 Å². The summed E-state index contributed by atoms with van der Waals surface area (Å²) in [5.74, 6) is -0.423. The quantitative estimate of drug-likeness (QED) is 0.318. The molecule has 132 valence electrons. The van der Waals surface area contributed by atoms with E-state index in [-0.39, 0.29) is 64.0 Å². The molecule has 0 fully saturated rings. The van der Waals surface area contributed by atoms with E-state index in [0.29, 0.717) is 10.9 Å². The standard InChI is InChI=1S/C10H8O3S.C7H8O3S.2Na/c11-14(12,13)10-7-3-5-8-4-1-2-6-9(8)10;8-11(9,10)6-7-4-2-1-3-5-7;;/h1-7H,(H,11,12,13);1-5H,6H2,(H,8,9,10);;/q;;2*+1/p-2. The van der Waals surface area contributed by atoms with Crippen molar-refractivity contribution in [2.75, 3.05) is 0 Å². The van der Waals surface area contributed by atoms with Crippen LogP contribution in [0.1, 0.15) is 5.56 Å². The van der Waals surface area contributed by atoms with Crippen LogP contribution in [0, 0.1) is 0 Å². The summed E-state index contributed by atoms with van der Waals surface area (Å²) in [5.41, 5.74) is 0.530. The maximum absolute atomic E-state index is 10.9. The van der Waals surface area contributed by atoms with Gasteiger partial charge in [0.1, 0.15) is 10.1 Å². The van der Waals surface area contributed by atoms with Crippen molar-refractivity contribution < 1.29 is 85.1 Å². The molecule has 3 rings (SSSR count). The first-order valence-electron chi connectivity index (χ1n) is 7.08. The Hall–Kier alpha value is -0.260. The fourth-order valence-corrected chi connectivity index (χ4v) is 3.49. The van der Waals surface area contributed by atoms with Crippen LogP contribution in [0.5, 0.6) is 0 Å². The van der Waals surface area contributed by atoms with Gasteiger partial charge in [-0.1, -0.05) is 66.7 Å². The van der Waals surface area contributed by atoms with Crippen LogP contribution in [0.25, 0.3) is 10.8 Å². The Kier molecular flexibility index (Phi) is 11.6. The molecule has 0 radical (unpaired) electrons. The molecule has 3 aromatic carbocycles. The molecule has 6 nitrogen and oxygen atoms in total. The number of fused-ring (bicyclic) bond motifs is 1. The van der Waals surface area contributed by atoms with Crippen molar-refractivity contribution in [3.05, 3.63) is 78.4 Å². The third-order valence-corrected chi connectivity index (χ3v) is 4.79. The Morgan fingerprint density at radius 2 is 1.19 bits per heavy atom. The van der Waals surface area contributed by atoms with Gasteiger partial charge in [-0.15, -0.1) is 0 Å². The van der Waals surface area contributed by atoms with Crippen LogP contribution < -0.4 is 59.1 Å². The zero-order valence-corrected chi connectivity index (χ0v) is 20.5. The molecule has 0 aliphatic rings. The molecule has 0 N–H and O–H groups in total. The summed E-state index contributed by atoms with van der Waals surface area (Å²) in [5, 5.41) is 1.23. The molecule has 0 bridgehead atoms. The van der Waals surface area contributed by atoms with Gasteiger partial charge in [0, 0.05) is 0 Å². The van der Waals surface area contributed by atoms with Gasteiger partial charge in [-0.3, -0.25) is 0 Å². The number of benzene rings is 3. The average molecular weight is 424 g/mol. The molecule has 0 aliphatic heterocycles. The second-order valence-corrected chi connectivity index (χ2v) is 7.87. The summed E-state index contributed by atoms with van der Waals surface area (Å²) >= 11 is 0. The van der Waals surface area contributed by atoms with Crippen molar-refractivity contribution in [3.8, 4) is 0 Å². The summed E-state index contributed by atoms with van der Waals surface area (Å²) in [6.45, 7) is 0. The summed E-state index contributed by atoms with van der Waals surface area (Å²) in [7, 11) is -8.51. The summed E-state index contributed by atoms with van der Waals surface area (Å²) in [6, 6.07) is 19.9. The number of hydrogen-bond donors (Lipinski definition) is 0. The summed E-state index contributed by atoms with van der Waals surface area (Å²) in [6.07, 6.45) is 0. The molecule has 0 aromatic heterocycles. The van der Waals surface area contributed by atoms with Crippen molar-refractivity contribution in [1.82, 2.24) is 0 Å². The minimum atomic E-state index is -4.38. The van der Waals surface area contributed by atoms with Gasteiger partial charge in [-0.2, -0.15) is 0 Å². The van der Waals surface area contributed by atoms with Crippen LogP contribution in [0.2, 0.25) is 0 Å². The van der Waals surface area contributed by atoms with Gasteiger partial charge in [-0.25, -0.2) is 16.8 Å². The monoisotopic (exact) mass is 424 g/mol. The van der Waals surface area contributed by atoms with Crippen LogP contribution in [0.3, 0.4) is 0 Å². The smallest absolute Gasteiger partial charge is 0.748 e. The van der Waals surface area contributed by atoms with Gasteiger partial charge >= 0.3 is 59.1 Å². The van der Waals surface area contributed by atoms with Crippen LogP contribution in [-0.4, -0.2) is 25.9 Å². The van der Waals surface area contributed by atoms with E-state index in [1.54, 1.807) is 66.7 Å². The fourth-order valence-electron chi connectivity index (χ4n) is 2.19. The van der Waals surface area contributed by atoms with E-state index < -0.39 is 26.0 Å². The SMILES string of the molecule is O=S(=O)([O-])Cc1ccccc1.O=S(=O)([O-])c1cccc2ccccc12.[Na+].[Na+]. The van der Waals surface area contributed by atoms with Crippen molar-refractivity contribution >= 4 is 31.0 Å². The molecule has 0 atom stereocenters. The minimum Gasteiger partial charge on any atom is -0.748 e. The van der Waals surface area contributed by atoms with Crippen LogP contribution in [-0.2, 0) is 26.0 Å². The molecule has 3 aromatic rings. The molecular formula is C17H14Na2O6S2. The Morgan fingerprint density at radius 3 is 1.74 bits per heavy atom. The predicted octanol–water partition coefficient (Wildman–Crippen LogP) is -3.52. The molecule has 0 saturated heterocycles. The molecule has 0 amide bonds. The van der Waals surface area contributed by atoms with Gasteiger partial charge in [0.15, 0.2) is 0 Å². The van der Waals surface area contributed by atoms with Gasteiger partial charge < -0.3 is 9.11 Å². The third-order valence-electron chi connectivity index (χ3n) is 3.21. The molecule has 0 spiro atoms. The zero-order valence-electron chi connectivity index (χ0n) is 14.9. The fraction of sp³-hybridized carbons (Fsp3) is 0.0588. The molecule has 0 unspecified atom stereocenters. The zero-order chi connectivity index (χ0) is 18.5. The van der Waals surface area contributed by atoms with Gasteiger partial charge in [0.25, 0.3) is 0 Å². The van der Waals surface area contributed by atoms with Gasteiger partial charge in [-0.05, 0) is 22.4 Å². The van der Waals surface area contributed by atoms with Crippen LogP contribution in [0.15, 0.2) is 77.7 Å². The Bertz CT molecular complexity index is 1060. The normalized spacial score (nSPS) is 10.7. The first-order chi connectivity index (χ1) is 11.7. The molecule has 0 aliphatic carbocycles. The maximum atomic E-state index is 10.9. The predicted molar refractivity (Wildman–Crippen MR) is 91.8 cm³/mol. The Morgan fingerprint density at radius 1 is 0.667 bits per heavy atom. The second-order valence-electron chi connectivity index (χ2n) is 5.12. The maximum Gasteiger partial charge on any atom is 1.00 e. The first kappa shape index (κ1) is 26.7. The van der Waals surface area contributed by atoms with E-state index in [2.05, 4.69) is 0 Å². The minimum absolute atomic E-state index is 0. The molecule has 10 heteroatoms. The van der Waals surface area contributed by atoms with Crippen molar-refractivity contribution in [2.45, 2.75) is 10.6 Å². The van der Waals surface area contributed by atoms with Gasteiger partial charge in [0.05, 0.1) is 20.8 Å². The van der Waals surface area contributed by atoms with Crippen LogP contribution in [0.4, 0.5) is 0 Å². The first-order valence-corrected chi connectivity index (χ1v) is 10.1. The summed E-state index contributed by atoms with van der Waals surface area (Å²) in [4.78, 5) is -0.157. The van der Waals surface area contributed by atoms with E-state index in [4.69, 9.17) is 0 Å². The largest absolute Gasteiger partial charge is 1.00 e. The van der Waals surface area contributed by atoms with E-state index in [1.807, 2.05) is 0 Å². The van der Waals surface area contributed by atoms with Crippen molar-refractivity contribution in [3.63, 3.8) is 0 Å². The average Bonchev–Trinajstić information content (AvgIpc) is 2.53. The van der Waals surface area contributed by atoms with E-state index in [9.17, 15) is 25.9 Å². The van der Waals surface area contributed by atoms with E-state index in [0.717, 1.165) is 5.39 Å². The summed E-state index contributed by atoms with van der Waals surface area (Å²) < 4.78 is 63.4. The molecule has 0 saturated carbocycles. The third kappa shape index (κ3) is 9.19. The number of hydrogen-bond acceptors (Lipinski definition) is 6. The van der Waals surface area contributed by atoms with Crippen LogP contribution >= 0.6 is 0 Å². The Balaban J connectivity index is 0.000000479. The number of rotatable bonds is 3. The van der Waals surface area contributed by atoms with Crippen molar-refractivity contribution in [2.24, 2.45) is 0 Å². The topological polar surface area (TPSA) is 114 Å².